The Hall–Kier alpha value is -0.690. The summed E-state index contributed by atoms with van der Waals surface area (Å²) in [5.41, 5.74) is 0. The summed E-state index contributed by atoms with van der Waals surface area (Å²) >= 11 is 1.49. The molecule has 1 amide bonds. The lowest BCUT2D eigenvalue weighted by Crippen LogP contribution is -2.43. The van der Waals surface area contributed by atoms with E-state index >= 15 is 0 Å². The molecule has 4 aliphatic rings. The summed E-state index contributed by atoms with van der Waals surface area (Å²) in [6.07, 6.45) is 2.79. The number of nitrogens with one attached hydrogen (secondary N) is 1. The first-order chi connectivity index (χ1) is 10.9. The first kappa shape index (κ1) is 15.8. The second-order valence-electron chi connectivity index (χ2n) is 7.46. The van der Waals surface area contributed by atoms with Crippen LogP contribution in [-0.2, 0) is 9.53 Å². The summed E-state index contributed by atoms with van der Waals surface area (Å²) in [5, 5.41) is 3.93. The topological polar surface area (TPSA) is 50.7 Å². The van der Waals surface area contributed by atoms with Crippen LogP contribution in [0.1, 0.15) is 39.0 Å². The van der Waals surface area contributed by atoms with E-state index in [0.717, 1.165) is 12.8 Å². The average Bonchev–Trinajstić information content (AvgIpc) is 3.12. The fourth-order valence-corrected chi connectivity index (χ4v) is 5.86. The molecule has 0 radical (unpaired) electrons. The fourth-order valence-electron chi connectivity index (χ4n) is 4.59. The van der Waals surface area contributed by atoms with Crippen LogP contribution in [-0.4, -0.2) is 41.0 Å². The number of amidine groups is 1. The summed E-state index contributed by atoms with van der Waals surface area (Å²) in [5.74, 6) is -2.83. The molecule has 1 unspecified atom stereocenters. The molecule has 2 aliphatic carbocycles. The lowest BCUT2D eigenvalue weighted by Gasteiger charge is -2.34. The molecule has 1 N–H and O–H groups in total. The van der Waals surface area contributed by atoms with Crippen molar-refractivity contribution in [1.82, 2.24) is 5.32 Å². The fraction of sp³-hybridized carbons (Fsp3) is 0.875. The van der Waals surface area contributed by atoms with Crippen LogP contribution < -0.4 is 5.32 Å². The molecule has 0 aromatic heterocycles. The lowest BCUT2D eigenvalue weighted by atomic mass is 9.86. The molecule has 4 nitrogen and oxygen atoms in total. The van der Waals surface area contributed by atoms with E-state index in [1.165, 1.54) is 11.8 Å². The molecule has 4 atom stereocenters. The van der Waals surface area contributed by atoms with Gasteiger partial charge in [0.2, 0.25) is 0 Å². The molecular weight excluding hydrogens is 322 g/mol. The number of thioether (sulfide) groups is 1. The van der Waals surface area contributed by atoms with Gasteiger partial charge in [-0.2, -0.15) is 4.99 Å². The predicted molar refractivity (Wildman–Crippen MR) is 84.7 cm³/mol. The summed E-state index contributed by atoms with van der Waals surface area (Å²) in [7, 11) is 0. The van der Waals surface area contributed by atoms with Crippen LogP contribution in [0.3, 0.4) is 0 Å². The van der Waals surface area contributed by atoms with Gasteiger partial charge in [0.15, 0.2) is 5.17 Å². The maximum Gasteiger partial charge on any atom is 0.264 e. The molecule has 7 heteroatoms. The standard InChI is InChI=1S/C16H22F2N2O2S/c1-15(10-2-4-22-5-3-10)13(21)20-14(23-15)19-12-7-11-6-9(12)8-16(11,17)18/h9-12H,2-8H2,1H3,(H,19,20,21)/t9-,11-,12+,15?/m1/s1. The molecule has 4 rings (SSSR count). The van der Waals surface area contributed by atoms with Gasteiger partial charge in [-0.25, -0.2) is 8.78 Å². The number of amides is 1. The van der Waals surface area contributed by atoms with E-state index < -0.39 is 16.6 Å². The predicted octanol–water partition coefficient (Wildman–Crippen LogP) is 2.82. The Kier molecular flexibility index (Phi) is 3.72. The largest absolute Gasteiger partial charge is 0.381 e. The van der Waals surface area contributed by atoms with E-state index in [1.54, 1.807) is 0 Å². The minimum atomic E-state index is -2.50. The minimum Gasteiger partial charge on any atom is -0.381 e. The number of hydrogen-bond acceptors (Lipinski definition) is 4. The van der Waals surface area contributed by atoms with Crippen LogP contribution in [0.4, 0.5) is 8.78 Å². The van der Waals surface area contributed by atoms with Gasteiger partial charge >= 0.3 is 0 Å². The van der Waals surface area contributed by atoms with Gasteiger partial charge in [0.25, 0.3) is 11.8 Å². The Bertz CT molecular complexity index is 550. The Morgan fingerprint density at radius 3 is 2.61 bits per heavy atom. The summed E-state index contributed by atoms with van der Waals surface area (Å²) in [6, 6.07) is 0.0377. The quantitative estimate of drug-likeness (QED) is 0.837. The highest BCUT2D eigenvalue weighted by atomic mass is 32.2. The number of nitrogens with zero attached hydrogens (tertiary/aromatic N) is 1. The van der Waals surface area contributed by atoms with Gasteiger partial charge in [0, 0.05) is 31.6 Å². The number of hydrogen-bond donors (Lipinski definition) is 1. The van der Waals surface area contributed by atoms with Gasteiger partial charge in [-0.15, -0.1) is 0 Å². The zero-order valence-electron chi connectivity index (χ0n) is 13.2. The van der Waals surface area contributed by atoms with Crippen molar-refractivity contribution in [2.75, 3.05) is 13.2 Å². The maximum absolute atomic E-state index is 13.6. The third-order valence-corrected chi connectivity index (χ3v) is 7.41. The van der Waals surface area contributed by atoms with Gasteiger partial charge in [0.1, 0.15) is 4.75 Å². The minimum absolute atomic E-state index is 0.00309. The zero-order valence-corrected chi connectivity index (χ0v) is 14.0. The number of aliphatic imine (C=N–C) groups is 1. The highest BCUT2D eigenvalue weighted by Gasteiger charge is 2.57. The van der Waals surface area contributed by atoms with Gasteiger partial charge in [-0.1, -0.05) is 11.8 Å². The number of carbonyl (C=O) groups is 1. The Balaban J connectivity index is 1.40. The van der Waals surface area contributed by atoms with E-state index in [2.05, 4.69) is 10.3 Å². The van der Waals surface area contributed by atoms with Crippen molar-refractivity contribution in [3.05, 3.63) is 0 Å². The van der Waals surface area contributed by atoms with Gasteiger partial charge in [-0.3, -0.25) is 4.79 Å². The van der Waals surface area contributed by atoms with Crippen molar-refractivity contribution in [1.29, 1.82) is 0 Å². The number of rotatable bonds is 2. The first-order valence-electron chi connectivity index (χ1n) is 8.43. The number of halogens is 2. The summed E-state index contributed by atoms with van der Waals surface area (Å²) in [6.45, 7) is 3.35. The number of fused-ring (bicyclic) bond motifs is 2. The molecule has 0 aromatic rings. The van der Waals surface area contributed by atoms with Crippen LogP contribution in [0.5, 0.6) is 0 Å². The van der Waals surface area contributed by atoms with E-state index in [4.69, 9.17) is 4.74 Å². The molecule has 0 spiro atoms. The molecule has 2 heterocycles. The normalized spacial score (nSPS) is 43.0. The smallest absolute Gasteiger partial charge is 0.264 e. The second kappa shape index (κ2) is 5.41. The molecule has 1 saturated heterocycles. The third kappa shape index (κ3) is 2.60. The zero-order chi connectivity index (χ0) is 16.2. The van der Waals surface area contributed by atoms with Crippen molar-refractivity contribution >= 4 is 22.8 Å². The van der Waals surface area contributed by atoms with Crippen molar-refractivity contribution in [3.8, 4) is 0 Å². The van der Waals surface area contributed by atoms with Crippen molar-refractivity contribution in [3.63, 3.8) is 0 Å². The lowest BCUT2D eigenvalue weighted by molar-refractivity contribution is -0.121. The SMILES string of the molecule is CC1(C2CCOCC2)SC(N[C@H]2C[C@H]3C[C@@H]2CC3(F)F)=NC1=O. The van der Waals surface area contributed by atoms with Crippen molar-refractivity contribution < 1.29 is 18.3 Å². The Morgan fingerprint density at radius 1 is 1.26 bits per heavy atom. The first-order valence-corrected chi connectivity index (χ1v) is 9.24. The molecule has 128 valence electrons. The average molecular weight is 344 g/mol. The molecule has 0 aromatic carbocycles. The number of alkyl halides is 2. The van der Waals surface area contributed by atoms with E-state index in [9.17, 15) is 13.6 Å². The molecule has 2 aliphatic heterocycles. The van der Waals surface area contributed by atoms with Crippen LogP contribution >= 0.6 is 11.8 Å². The Labute approximate surface area is 138 Å². The second-order valence-corrected chi connectivity index (χ2v) is 8.90. The van der Waals surface area contributed by atoms with E-state index in [0.29, 0.717) is 31.2 Å². The monoisotopic (exact) mass is 344 g/mol. The van der Waals surface area contributed by atoms with E-state index in [1.807, 2.05) is 6.92 Å². The van der Waals surface area contributed by atoms with Crippen LogP contribution in [0, 0.1) is 17.8 Å². The molecule has 23 heavy (non-hydrogen) atoms. The van der Waals surface area contributed by atoms with Crippen molar-refractivity contribution in [2.45, 2.75) is 55.7 Å². The maximum atomic E-state index is 13.6. The van der Waals surface area contributed by atoms with Crippen molar-refractivity contribution in [2.24, 2.45) is 22.7 Å². The highest BCUT2D eigenvalue weighted by Crippen LogP contribution is 2.54. The highest BCUT2D eigenvalue weighted by molar-refractivity contribution is 8.16. The summed E-state index contributed by atoms with van der Waals surface area (Å²) < 4.78 is 32.1. The van der Waals surface area contributed by atoms with Gasteiger partial charge in [0.05, 0.1) is 0 Å². The van der Waals surface area contributed by atoms with E-state index in [-0.39, 0.29) is 30.2 Å². The third-order valence-electron chi connectivity index (χ3n) is 6.07. The number of carbonyl (C=O) groups excluding carboxylic acids is 1. The molecular formula is C16H22F2N2O2S. The molecule has 3 fully saturated rings. The number of ether oxygens (including phenoxy) is 1. The molecule has 2 bridgehead atoms. The van der Waals surface area contributed by atoms with Crippen LogP contribution in [0.15, 0.2) is 4.99 Å². The van der Waals surface area contributed by atoms with Gasteiger partial charge in [-0.05, 0) is 44.4 Å². The molecule has 2 saturated carbocycles. The van der Waals surface area contributed by atoms with Gasteiger partial charge < -0.3 is 10.1 Å². The van der Waals surface area contributed by atoms with Crippen LogP contribution in [0.2, 0.25) is 0 Å². The van der Waals surface area contributed by atoms with Crippen LogP contribution in [0.25, 0.3) is 0 Å². The summed E-state index contributed by atoms with van der Waals surface area (Å²) in [4.78, 5) is 16.6. The Morgan fingerprint density at radius 2 is 2.00 bits per heavy atom.